The number of nitrogens with one attached hydrogen (secondary N) is 1. The van der Waals surface area contributed by atoms with Crippen LogP contribution in [-0.4, -0.2) is 55.2 Å². The number of hydrogen-bond acceptors (Lipinski definition) is 4. The molecule has 1 saturated heterocycles. The first-order valence-corrected chi connectivity index (χ1v) is 7.51. The van der Waals surface area contributed by atoms with Crippen molar-refractivity contribution >= 4 is 30.7 Å². The monoisotopic (exact) mass is 341 g/mol. The molecule has 2 fully saturated rings. The van der Waals surface area contributed by atoms with Crippen LogP contribution in [0.4, 0.5) is 0 Å². The number of nitrogens with zero attached hydrogens (tertiary/aromatic N) is 1. The van der Waals surface area contributed by atoms with E-state index in [1.54, 1.807) is 0 Å². The fraction of sp³-hybridized carbons (Fsp3) is 0.929. The second-order valence-corrected chi connectivity index (χ2v) is 5.74. The minimum absolute atomic E-state index is 0. The van der Waals surface area contributed by atoms with E-state index in [1.807, 2.05) is 0 Å². The maximum atomic E-state index is 11.8. The summed E-state index contributed by atoms with van der Waals surface area (Å²) in [6, 6.07) is 0.187. The van der Waals surface area contributed by atoms with Crippen molar-refractivity contribution in [2.24, 2.45) is 5.73 Å². The lowest BCUT2D eigenvalue weighted by Gasteiger charge is -2.47. The average molecular weight is 342 g/mol. The van der Waals surface area contributed by atoms with Crippen LogP contribution in [0.1, 0.15) is 39.0 Å². The summed E-state index contributed by atoms with van der Waals surface area (Å²) in [5.41, 5.74) is 5.58. The SMILES string of the molecule is CC(NC(=O)CCN)C1(N2CCOCC2)CCCC1.Cl.Cl. The first kappa shape index (κ1) is 20.9. The van der Waals surface area contributed by atoms with E-state index in [2.05, 4.69) is 17.1 Å². The molecule has 1 aliphatic heterocycles. The predicted octanol–water partition coefficient (Wildman–Crippen LogP) is 1.33. The van der Waals surface area contributed by atoms with E-state index >= 15 is 0 Å². The molecule has 7 heteroatoms. The Bertz CT molecular complexity index is 307. The van der Waals surface area contributed by atoms with Crippen molar-refractivity contribution in [1.29, 1.82) is 0 Å². The Labute approximate surface area is 140 Å². The van der Waals surface area contributed by atoms with E-state index < -0.39 is 0 Å². The van der Waals surface area contributed by atoms with Gasteiger partial charge in [0, 0.05) is 37.6 Å². The molecule has 1 unspecified atom stereocenters. The maximum absolute atomic E-state index is 11.8. The van der Waals surface area contributed by atoms with Crippen molar-refractivity contribution in [3.05, 3.63) is 0 Å². The third-order valence-electron chi connectivity index (χ3n) is 4.67. The zero-order valence-corrected chi connectivity index (χ0v) is 14.4. The maximum Gasteiger partial charge on any atom is 0.221 e. The number of amides is 1. The van der Waals surface area contributed by atoms with Gasteiger partial charge in [0.05, 0.1) is 13.2 Å². The molecular weight excluding hydrogens is 313 g/mol. The zero-order valence-electron chi connectivity index (χ0n) is 12.8. The van der Waals surface area contributed by atoms with Crippen molar-refractivity contribution in [3.63, 3.8) is 0 Å². The van der Waals surface area contributed by atoms with Gasteiger partial charge in [-0.15, -0.1) is 24.8 Å². The molecule has 0 radical (unpaired) electrons. The van der Waals surface area contributed by atoms with Crippen molar-refractivity contribution in [3.8, 4) is 0 Å². The van der Waals surface area contributed by atoms with Gasteiger partial charge in [0.2, 0.25) is 5.91 Å². The highest BCUT2D eigenvalue weighted by Crippen LogP contribution is 2.38. The van der Waals surface area contributed by atoms with Gasteiger partial charge in [-0.2, -0.15) is 0 Å². The molecule has 2 aliphatic rings. The molecule has 126 valence electrons. The molecule has 1 heterocycles. The molecule has 1 aliphatic carbocycles. The molecule has 0 aromatic carbocycles. The van der Waals surface area contributed by atoms with Gasteiger partial charge < -0.3 is 15.8 Å². The molecule has 1 amide bonds. The second-order valence-electron chi connectivity index (χ2n) is 5.74. The molecule has 21 heavy (non-hydrogen) atoms. The number of rotatable bonds is 5. The summed E-state index contributed by atoms with van der Waals surface area (Å²) in [5, 5.41) is 3.16. The standard InChI is InChI=1S/C14H27N3O2.2ClH/c1-12(16-13(18)4-7-15)14(5-2-3-6-14)17-8-10-19-11-9-17;;/h12H,2-11,15H2,1H3,(H,16,18);2*1H. The van der Waals surface area contributed by atoms with Crippen molar-refractivity contribution < 1.29 is 9.53 Å². The lowest BCUT2D eigenvalue weighted by atomic mass is 9.86. The van der Waals surface area contributed by atoms with Crippen LogP contribution in [0.5, 0.6) is 0 Å². The van der Waals surface area contributed by atoms with E-state index in [4.69, 9.17) is 10.5 Å². The smallest absolute Gasteiger partial charge is 0.221 e. The highest BCUT2D eigenvalue weighted by atomic mass is 35.5. The number of carbonyl (C=O) groups is 1. The van der Waals surface area contributed by atoms with Gasteiger partial charge in [0.25, 0.3) is 0 Å². The molecule has 0 aromatic heterocycles. The fourth-order valence-electron chi connectivity index (χ4n) is 3.60. The zero-order chi connectivity index (χ0) is 13.7. The summed E-state index contributed by atoms with van der Waals surface area (Å²) in [4.78, 5) is 14.3. The summed E-state index contributed by atoms with van der Waals surface area (Å²) in [7, 11) is 0. The van der Waals surface area contributed by atoms with Crippen LogP contribution in [0.3, 0.4) is 0 Å². The number of halogens is 2. The average Bonchev–Trinajstić information content (AvgIpc) is 2.90. The van der Waals surface area contributed by atoms with Gasteiger partial charge in [-0.05, 0) is 19.8 Å². The Morgan fingerprint density at radius 2 is 1.86 bits per heavy atom. The molecule has 0 spiro atoms. The van der Waals surface area contributed by atoms with Crippen LogP contribution in [0.25, 0.3) is 0 Å². The van der Waals surface area contributed by atoms with Crippen LogP contribution < -0.4 is 11.1 Å². The van der Waals surface area contributed by atoms with Crippen LogP contribution in [-0.2, 0) is 9.53 Å². The van der Waals surface area contributed by atoms with Crippen molar-refractivity contribution in [2.45, 2.75) is 50.6 Å². The van der Waals surface area contributed by atoms with E-state index in [0.29, 0.717) is 13.0 Å². The second kappa shape index (κ2) is 9.85. The molecule has 0 aromatic rings. The third-order valence-corrected chi connectivity index (χ3v) is 4.67. The Balaban J connectivity index is 0.00000200. The summed E-state index contributed by atoms with van der Waals surface area (Å²) in [6.07, 6.45) is 5.29. The van der Waals surface area contributed by atoms with E-state index in [9.17, 15) is 4.79 Å². The first-order chi connectivity index (χ1) is 9.19. The summed E-state index contributed by atoms with van der Waals surface area (Å²) < 4.78 is 5.46. The van der Waals surface area contributed by atoms with Crippen molar-refractivity contribution in [2.75, 3.05) is 32.8 Å². The Kier molecular flexibility index (Phi) is 9.81. The Morgan fingerprint density at radius 1 is 1.29 bits per heavy atom. The number of hydrogen-bond donors (Lipinski definition) is 2. The number of ether oxygens (including phenoxy) is 1. The summed E-state index contributed by atoms with van der Waals surface area (Å²) >= 11 is 0. The van der Waals surface area contributed by atoms with Crippen molar-refractivity contribution in [1.82, 2.24) is 10.2 Å². The van der Waals surface area contributed by atoms with Gasteiger partial charge >= 0.3 is 0 Å². The van der Waals surface area contributed by atoms with E-state index in [-0.39, 0.29) is 42.3 Å². The Hall–Kier alpha value is -0.0700. The topological polar surface area (TPSA) is 67.6 Å². The summed E-state index contributed by atoms with van der Waals surface area (Å²) in [6.45, 7) is 6.16. The van der Waals surface area contributed by atoms with E-state index in [1.165, 1.54) is 25.7 Å². The predicted molar refractivity (Wildman–Crippen MR) is 89.4 cm³/mol. The van der Waals surface area contributed by atoms with Crippen LogP contribution >= 0.6 is 24.8 Å². The molecule has 3 N–H and O–H groups in total. The van der Waals surface area contributed by atoms with E-state index in [0.717, 1.165) is 26.3 Å². The van der Waals surface area contributed by atoms with Gasteiger partial charge in [-0.25, -0.2) is 0 Å². The minimum atomic E-state index is 0. The minimum Gasteiger partial charge on any atom is -0.379 e. The van der Waals surface area contributed by atoms with Crippen LogP contribution in [0.15, 0.2) is 0 Å². The molecule has 1 saturated carbocycles. The van der Waals surface area contributed by atoms with Gasteiger partial charge in [-0.3, -0.25) is 9.69 Å². The van der Waals surface area contributed by atoms with Crippen LogP contribution in [0, 0.1) is 0 Å². The first-order valence-electron chi connectivity index (χ1n) is 7.51. The Morgan fingerprint density at radius 3 is 2.38 bits per heavy atom. The number of morpholine rings is 1. The largest absolute Gasteiger partial charge is 0.379 e. The van der Waals surface area contributed by atoms with Gasteiger partial charge in [0.15, 0.2) is 0 Å². The highest BCUT2D eigenvalue weighted by Gasteiger charge is 2.44. The lowest BCUT2D eigenvalue weighted by Crippen LogP contribution is -2.62. The quantitative estimate of drug-likeness (QED) is 0.791. The summed E-state index contributed by atoms with van der Waals surface area (Å²) in [5.74, 6) is 0.0783. The molecule has 5 nitrogen and oxygen atoms in total. The molecule has 1 atom stereocenters. The normalized spacial score (nSPS) is 22.8. The number of nitrogens with two attached hydrogens (primary N) is 1. The highest BCUT2D eigenvalue weighted by molar-refractivity contribution is 5.85. The fourth-order valence-corrected chi connectivity index (χ4v) is 3.60. The third kappa shape index (κ3) is 4.96. The number of carbonyl (C=O) groups excluding carboxylic acids is 1. The molecule has 2 rings (SSSR count). The van der Waals surface area contributed by atoms with Gasteiger partial charge in [0.1, 0.15) is 0 Å². The van der Waals surface area contributed by atoms with Gasteiger partial charge in [-0.1, -0.05) is 12.8 Å². The van der Waals surface area contributed by atoms with Crippen LogP contribution in [0.2, 0.25) is 0 Å². The lowest BCUT2D eigenvalue weighted by molar-refractivity contribution is -0.123. The molecule has 0 bridgehead atoms. The molecular formula is C14H29Cl2N3O2.